The molecular weight excluding hydrogens is 258 g/mol. The van der Waals surface area contributed by atoms with Crippen molar-refractivity contribution >= 4 is 17.5 Å². The molecule has 0 aliphatic heterocycles. The Morgan fingerprint density at radius 3 is 2.63 bits per heavy atom. The number of aliphatic hydroxyl groups excluding tert-OH is 1. The fraction of sp³-hybridized carbons (Fsp3) is 0.333. The van der Waals surface area contributed by atoms with Crippen molar-refractivity contribution in [3.63, 3.8) is 0 Å². The molecule has 0 spiro atoms. The summed E-state index contributed by atoms with van der Waals surface area (Å²) < 4.78 is 26.2. The first kappa shape index (κ1) is 15.0. The van der Waals surface area contributed by atoms with E-state index in [1.54, 1.807) is 6.92 Å². The summed E-state index contributed by atoms with van der Waals surface area (Å²) in [6.07, 6.45) is 0. The van der Waals surface area contributed by atoms with Crippen molar-refractivity contribution in [2.75, 3.05) is 25.0 Å². The van der Waals surface area contributed by atoms with Crippen molar-refractivity contribution in [1.82, 2.24) is 4.90 Å². The van der Waals surface area contributed by atoms with E-state index in [2.05, 4.69) is 0 Å². The fourth-order valence-corrected chi connectivity index (χ4v) is 1.44. The minimum Gasteiger partial charge on any atom is -0.395 e. The van der Waals surface area contributed by atoms with Gasteiger partial charge in [-0.1, -0.05) is 0 Å². The van der Waals surface area contributed by atoms with Crippen LogP contribution < -0.4 is 5.32 Å². The number of carbonyl (C=O) groups excluding carboxylic acids is 2. The van der Waals surface area contributed by atoms with Crippen LogP contribution >= 0.6 is 0 Å². The summed E-state index contributed by atoms with van der Waals surface area (Å²) in [6.45, 7) is 1.55. The van der Waals surface area contributed by atoms with E-state index >= 15 is 0 Å². The molecule has 0 atom stereocenters. The van der Waals surface area contributed by atoms with E-state index in [0.717, 1.165) is 23.1 Å². The summed E-state index contributed by atoms with van der Waals surface area (Å²) >= 11 is 0. The third-order valence-electron chi connectivity index (χ3n) is 2.41. The van der Waals surface area contributed by atoms with Crippen LogP contribution in [0.1, 0.15) is 6.92 Å². The maximum absolute atomic E-state index is 13.3. The summed E-state index contributed by atoms with van der Waals surface area (Å²) in [5.74, 6) is -3.57. The molecule has 2 N–H and O–H groups in total. The van der Waals surface area contributed by atoms with E-state index in [4.69, 9.17) is 5.11 Å². The van der Waals surface area contributed by atoms with Crippen LogP contribution in [0.4, 0.5) is 14.5 Å². The number of halogens is 2. The lowest BCUT2D eigenvalue weighted by molar-refractivity contribution is -0.143. The van der Waals surface area contributed by atoms with Crippen LogP contribution in [0, 0.1) is 11.6 Å². The van der Waals surface area contributed by atoms with Gasteiger partial charge in [-0.25, -0.2) is 8.78 Å². The van der Waals surface area contributed by atoms with Crippen LogP contribution in [-0.4, -0.2) is 41.5 Å². The fourth-order valence-electron chi connectivity index (χ4n) is 1.44. The highest BCUT2D eigenvalue weighted by atomic mass is 19.1. The van der Waals surface area contributed by atoms with Crippen molar-refractivity contribution in [3.05, 3.63) is 29.8 Å². The van der Waals surface area contributed by atoms with Gasteiger partial charge in [0, 0.05) is 19.2 Å². The molecule has 0 aromatic heterocycles. The van der Waals surface area contributed by atoms with Gasteiger partial charge in [0.05, 0.1) is 12.3 Å². The maximum Gasteiger partial charge on any atom is 0.313 e. The van der Waals surface area contributed by atoms with Crippen molar-refractivity contribution in [1.29, 1.82) is 0 Å². The number of benzene rings is 1. The second-order valence-electron chi connectivity index (χ2n) is 3.69. The molecular formula is C12H14F2N2O3. The molecule has 1 aromatic carbocycles. The third-order valence-corrected chi connectivity index (χ3v) is 2.41. The molecule has 0 radical (unpaired) electrons. The summed E-state index contributed by atoms with van der Waals surface area (Å²) in [5, 5.41) is 10.7. The van der Waals surface area contributed by atoms with Gasteiger partial charge in [-0.2, -0.15) is 0 Å². The number of likely N-dealkylation sites (N-methyl/N-ethyl adjacent to an activating group) is 1. The van der Waals surface area contributed by atoms with Crippen molar-refractivity contribution in [3.8, 4) is 0 Å². The first-order valence-corrected chi connectivity index (χ1v) is 5.65. The molecule has 1 aromatic rings. The first-order valence-electron chi connectivity index (χ1n) is 5.65. The minimum absolute atomic E-state index is 0.00557. The largest absolute Gasteiger partial charge is 0.395 e. The summed E-state index contributed by atoms with van der Waals surface area (Å²) in [5.41, 5.74) is -0.404. The highest BCUT2D eigenvalue weighted by Crippen LogP contribution is 2.15. The Kier molecular flexibility index (Phi) is 5.37. The Morgan fingerprint density at radius 1 is 1.37 bits per heavy atom. The molecule has 0 heterocycles. The number of hydrogen-bond acceptors (Lipinski definition) is 3. The number of carbonyl (C=O) groups is 2. The number of hydrogen-bond donors (Lipinski definition) is 2. The lowest BCUT2D eigenvalue weighted by Gasteiger charge is -2.18. The molecule has 0 bridgehead atoms. The predicted octanol–water partition coefficient (Wildman–Crippen LogP) is 0.744. The Labute approximate surface area is 108 Å². The van der Waals surface area contributed by atoms with E-state index in [0.29, 0.717) is 0 Å². The van der Waals surface area contributed by atoms with Crippen LogP contribution in [0.25, 0.3) is 0 Å². The summed E-state index contributed by atoms with van der Waals surface area (Å²) in [6, 6.07) is 2.53. The van der Waals surface area contributed by atoms with Gasteiger partial charge in [-0.05, 0) is 19.1 Å². The minimum atomic E-state index is -1.08. The topological polar surface area (TPSA) is 69.6 Å². The highest BCUT2D eigenvalue weighted by Gasteiger charge is 2.21. The third kappa shape index (κ3) is 3.99. The molecule has 0 aliphatic rings. The standard InChI is InChI=1S/C12H14F2N2O3/c1-2-16(5-6-17)12(19)11(18)15-10-7-8(13)3-4-9(10)14/h3-4,7,17H,2,5-6H2,1H3,(H,15,18). The molecule has 0 saturated carbocycles. The average molecular weight is 272 g/mol. The molecule has 1 rings (SSSR count). The molecule has 0 aliphatic carbocycles. The zero-order chi connectivity index (χ0) is 14.4. The number of rotatable bonds is 4. The Bertz CT molecular complexity index is 480. The van der Waals surface area contributed by atoms with E-state index in [9.17, 15) is 18.4 Å². The van der Waals surface area contributed by atoms with Gasteiger partial charge >= 0.3 is 11.8 Å². The van der Waals surface area contributed by atoms with Gasteiger partial charge in [-0.15, -0.1) is 0 Å². The molecule has 0 unspecified atom stereocenters. The lowest BCUT2D eigenvalue weighted by atomic mass is 10.3. The number of amides is 2. The van der Waals surface area contributed by atoms with E-state index < -0.39 is 29.1 Å². The van der Waals surface area contributed by atoms with Gasteiger partial charge in [-0.3, -0.25) is 9.59 Å². The molecule has 104 valence electrons. The number of nitrogens with one attached hydrogen (secondary N) is 1. The van der Waals surface area contributed by atoms with Crippen LogP contribution in [0.3, 0.4) is 0 Å². The van der Waals surface area contributed by atoms with Crippen molar-refractivity contribution in [2.24, 2.45) is 0 Å². The average Bonchev–Trinajstić information content (AvgIpc) is 2.39. The van der Waals surface area contributed by atoms with Crippen LogP contribution in [0.2, 0.25) is 0 Å². The van der Waals surface area contributed by atoms with Crippen LogP contribution in [0.5, 0.6) is 0 Å². The van der Waals surface area contributed by atoms with Gasteiger partial charge in [0.2, 0.25) is 0 Å². The van der Waals surface area contributed by atoms with Crippen molar-refractivity contribution < 1.29 is 23.5 Å². The Hall–Kier alpha value is -2.02. The molecule has 0 fully saturated rings. The monoisotopic (exact) mass is 272 g/mol. The molecule has 2 amide bonds. The SMILES string of the molecule is CCN(CCO)C(=O)C(=O)Nc1cc(F)ccc1F. The zero-order valence-corrected chi connectivity index (χ0v) is 10.3. The van der Waals surface area contributed by atoms with E-state index in [1.807, 2.05) is 5.32 Å². The van der Waals surface area contributed by atoms with Crippen LogP contribution in [-0.2, 0) is 9.59 Å². The number of aliphatic hydroxyl groups is 1. The molecule has 0 saturated heterocycles. The highest BCUT2D eigenvalue weighted by molar-refractivity contribution is 6.39. The Morgan fingerprint density at radius 2 is 2.05 bits per heavy atom. The second kappa shape index (κ2) is 6.79. The zero-order valence-electron chi connectivity index (χ0n) is 10.3. The quantitative estimate of drug-likeness (QED) is 0.794. The normalized spacial score (nSPS) is 10.1. The number of nitrogens with zero attached hydrogens (tertiary/aromatic N) is 1. The van der Waals surface area contributed by atoms with E-state index in [1.165, 1.54) is 0 Å². The van der Waals surface area contributed by atoms with Crippen LogP contribution in [0.15, 0.2) is 18.2 Å². The van der Waals surface area contributed by atoms with Gasteiger partial charge < -0.3 is 15.3 Å². The maximum atomic E-state index is 13.3. The molecule has 7 heteroatoms. The first-order chi connectivity index (χ1) is 8.99. The second-order valence-corrected chi connectivity index (χ2v) is 3.69. The summed E-state index contributed by atoms with van der Waals surface area (Å²) in [4.78, 5) is 24.3. The van der Waals surface area contributed by atoms with Crippen molar-refractivity contribution in [2.45, 2.75) is 6.92 Å². The summed E-state index contributed by atoms with van der Waals surface area (Å²) in [7, 11) is 0. The van der Waals surface area contributed by atoms with E-state index in [-0.39, 0.29) is 19.7 Å². The Balaban J connectivity index is 2.78. The lowest BCUT2D eigenvalue weighted by Crippen LogP contribution is -2.41. The number of anilines is 1. The smallest absolute Gasteiger partial charge is 0.313 e. The van der Waals surface area contributed by atoms with Gasteiger partial charge in [0.1, 0.15) is 11.6 Å². The molecule has 5 nitrogen and oxygen atoms in total. The predicted molar refractivity (Wildman–Crippen MR) is 64.3 cm³/mol. The molecule has 19 heavy (non-hydrogen) atoms. The van der Waals surface area contributed by atoms with Gasteiger partial charge in [0.15, 0.2) is 0 Å². The van der Waals surface area contributed by atoms with Gasteiger partial charge in [0.25, 0.3) is 0 Å².